The summed E-state index contributed by atoms with van der Waals surface area (Å²) in [5.41, 5.74) is 14.6. The molecule has 6 aromatic rings. The van der Waals surface area contributed by atoms with Crippen LogP contribution in [0.25, 0.3) is 21.8 Å². The van der Waals surface area contributed by atoms with Gasteiger partial charge in [0.2, 0.25) is 53.2 Å². The molecule has 104 heavy (non-hydrogen) atoms. The average molecular weight is 1490 g/mol. The van der Waals surface area contributed by atoms with E-state index in [0.29, 0.717) is 122 Å². The number of benzene rings is 4. The predicted molar refractivity (Wildman–Crippen MR) is 390 cm³/mol. The highest BCUT2D eigenvalue weighted by Gasteiger charge is 2.35. The molecular weight excluding hydrogens is 1390 g/mol. The van der Waals surface area contributed by atoms with E-state index in [9.17, 15) is 63.3 Å². The maximum absolute atomic E-state index is 14.7. The van der Waals surface area contributed by atoms with E-state index < -0.39 is 114 Å². The van der Waals surface area contributed by atoms with Crippen molar-refractivity contribution in [3.05, 3.63) is 132 Å². The third-order valence-corrected chi connectivity index (χ3v) is 17.4. The normalized spacial score (nSPS) is 13.3. The van der Waals surface area contributed by atoms with Gasteiger partial charge < -0.3 is 108 Å². The number of ether oxygens (including phenoxy) is 6. The van der Waals surface area contributed by atoms with Crippen LogP contribution in [0.15, 0.2) is 109 Å². The monoisotopic (exact) mass is 1480 g/mol. The Kier molecular flexibility index (Phi) is 37.3. The maximum atomic E-state index is 14.7. The number of aliphatic carboxylic acids is 1. The van der Waals surface area contributed by atoms with Crippen molar-refractivity contribution in [3.63, 3.8) is 0 Å². The summed E-state index contributed by atoms with van der Waals surface area (Å²) in [6.45, 7) is 3.50. The van der Waals surface area contributed by atoms with E-state index >= 15 is 0 Å². The van der Waals surface area contributed by atoms with Gasteiger partial charge in [-0.2, -0.15) is 23.5 Å². The van der Waals surface area contributed by atoms with Crippen LogP contribution in [-0.2, 0) is 102 Å². The zero-order chi connectivity index (χ0) is 75.0. The number of carboxylic acids is 1. The summed E-state index contributed by atoms with van der Waals surface area (Å²) < 4.78 is 32.8. The van der Waals surface area contributed by atoms with Gasteiger partial charge in [0.05, 0.1) is 92.2 Å². The summed E-state index contributed by atoms with van der Waals surface area (Å²) in [6.07, 6.45) is 5.24. The fourth-order valence-electron chi connectivity index (χ4n) is 10.6. The molecule has 2 heterocycles. The Morgan fingerprint density at radius 1 is 0.433 bits per heavy atom. The van der Waals surface area contributed by atoms with E-state index in [0.717, 1.165) is 0 Å². The Morgan fingerprint density at radius 2 is 0.798 bits per heavy atom. The number of hydrogen-bond acceptors (Lipinski definition) is 21. The highest BCUT2D eigenvalue weighted by Crippen LogP contribution is 2.22. The van der Waals surface area contributed by atoms with Crippen molar-refractivity contribution in [2.75, 3.05) is 116 Å². The molecule has 566 valence electrons. The molecule has 0 bridgehead atoms. The first-order valence-electron chi connectivity index (χ1n) is 33.9. The quantitative estimate of drug-likeness (QED) is 0.0234. The number of carbonyl (C=O) groups excluding carboxylic acids is 9. The first-order valence-corrected chi connectivity index (χ1v) is 36.7. The number of aromatic nitrogens is 2. The van der Waals surface area contributed by atoms with Crippen LogP contribution in [0.3, 0.4) is 0 Å². The second-order valence-corrected chi connectivity index (χ2v) is 25.9. The van der Waals surface area contributed by atoms with Gasteiger partial charge in [-0.25, -0.2) is 0 Å². The van der Waals surface area contributed by atoms with E-state index in [1.54, 1.807) is 79.3 Å². The largest absolute Gasteiger partial charge is 0.508 e. The van der Waals surface area contributed by atoms with Crippen LogP contribution in [0.1, 0.15) is 47.9 Å². The van der Waals surface area contributed by atoms with Gasteiger partial charge in [-0.15, -0.1) is 0 Å². The van der Waals surface area contributed by atoms with Gasteiger partial charge in [-0.05, 0) is 95.5 Å². The molecule has 0 fully saturated rings. The highest BCUT2D eigenvalue weighted by atomic mass is 32.2. The Hall–Kier alpha value is -9.32. The predicted octanol–water partition coefficient (Wildman–Crippen LogP) is 0.755. The number of carboxylic acid groups (broad SMARTS) is 1. The third-order valence-electron chi connectivity index (χ3n) is 16.1. The number of aromatic hydroxyl groups is 2. The minimum absolute atomic E-state index is 0.0158. The number of nitrogens with one attached hydrogen (secondary N) is 10. The SMILES string of the molecule is CSCC[C@H](NC(=O)[C@H](Cc1ccc(O)cc1)NC(=O)[C@H](Cc1c[nH]c2ccccc12)NC(=O)CNC(=O)[C@H](CC(=O)O)NC(=O)[C@H](Cc1c[nH]c2ccccc12)NC(=O)[C@H](CCSC)NC(=O)[C@H](Cc1ccc(O)cc1)NC(=O)CCOCCOCCOCCOCCOCCOCCN)C(N)=O. The number of hydrogen-bond donors (Lipinski definition) is 15. The minimum atomic E-state index is -1.88. The first-order chi connectivity index (χ1) is 50.2. The van der Waals surface area contributed by atoms with Crippen molar-refractivity contribution < 1.29 is 91.7 Å². The molecule has 0 spiro atoms. The molecule has 0 saturated carbocycles. The number of amides is 9. The van der Waals surface area contributed by atoms with Gasteiger partial charge in [-0.3, -0.25) is 47.9 Å². The lowest BCUT2D eigenvalue weighted by Crippen LogP contribution is -2.59. The lowest BCUT2D eigenvalue weighted by molar-refractivity contribution is -0.141. The summed E-state index contributed by atoms with van der Waals surface area (Å²) in [5, 5.41) is 52.5. The fourth-order valence-corrected chi connectivity index (χ4v) is 11.6. The molecule has 0 radical (unpaired) electrons. The summed E-state index contributed by atoms with van der Waals surface area (Å²) in [5.74, 6) is -8.63. The van der Waals surface area contributed by atoms with Crippen LogP contribution in [-0.4, -0.2) is 243 Å². The lowest BCUT2D eigenvalue weighted by Gasteiger charge is -2.26. The third kappa shape index (κ3) is 30.2. The van der Waals surface area contributed by atoms with E-state index in [1.807, 2.05) is 6.26 Å². The number of phenols is 2. The number of fused-ring (bicyclic) bond motifs is 2. The van der Waals surface area contributed by atoms with Crippen molar-refractivity contribution in [1.82, 2.24) is 52.5 Å². The second-order valence-electron chi connectivity index (χ2n) is 23.9. The highest BCUT2D eigenvalue weighted by molar-refractivity contribution is 7.98. The zero-order valence-corrected chi connectivity index (χ0v) is 59.9. The Balaban J connectivity index is 1.12. The van der Waals surface area contributed by atoms with Crippen molar-refractivity contribution in [2.24, 2.45) is 11.5 Å². The summed E-state index contributed by atoms with van der Waals surface area (Å²) >= 11 is 2.78. The van der Waals surface area contributed by atoms with Gasteiger partial charge >= 0.3 is 5.97 Å². The molecule has 33 heteroatoms. The molecule has 0 aliphatic rings. The van der Waals surface area contributed by atoms with Crippen LogP contribution in [0.4, 0.5) is 0 Å². The second kappa shape index (κ2) is 46.4. The number of thioether (sulfide) groups is 2. The van der Waals surface area contributed by atoms with Gasteiger partial charge in [0, 0.05) is 72.8 Å². The van der Waals surface area contributed by atoms with E-state index in [4.69, 9.17) is 39.9 Å². The maximum Gasteiger partial charge on any atom is 0.305 e. The number of phenolic OH excluding ortho intramolecular Hbond substituents is 2. The molecule has 9 amide bonds. The molecule has 2 aromatic heterocycles. The van der Waals surface area contributed by atoms with Gasteiger partial charge in [0.15, 0.2) is 0 Å². The van der Waals surface area contributed by atoms with Crippen LogP contribution < -0.4 is 54.0 Å². The molecule has 0 unspecified atom stereocenters. The minimum Gasteiger partial charge on any atom is -0.508 e. The van der Waals surface area contributed by atoms with Crippen LogP contribution in [0.2, 0.25) is 0 Å². The van der Waals surface area contributed by atoms with Crippen LogP contribution in [0.5, 0.6) is 11.5 Å². The van der Waals surface area contributed by atoms with Crippen LogP contribution in [0, 0.1) is 0 Å². The molecule has 0 saturated heterocycles. The topological polar surface area (TPSA) is 467 Å². The van der Waals surface area contributed by atoms with Crippen molar-refractivity contribution in [2.45, 2.75) is 93.7 Å². The molecule has 4 aromatic carbocycles. The van der Waals surface area contributed by atoms with Gasteiger partial charge in [0.1, 0.15) is 53.8 Å². The molecular formula is C71H96N12O19S2. The number of H-pyrrole nitrogens is 2. The summed E-state index contributed by atoms with van der Waals surface area (Å²) in [7, 11) is 0. The van der Waals surface area contributed by atoms with Crippen molar-refractivity contribution in [1.29, 1.82) is 0 Å². The molecule has 0 aliphatic heterocycles. The van der Waals surface area contributed by atoms with Crippen molar-refractivity contribution in [3.8, 4) is 11.5 Å². The Labute approximate surface area is 610 Å². The molecule has 17 N–H and O–H groups in total. The molecule has 0 aliphatic carbocycles. The Bertz CT molecular complexity index is 3700. The fraction of sp³-hybridized carbons (Fsp3) is 0.465. The molecule has 31 nitrogen and oxygen atoms in total. The zero-order valence-electron chi connectivity index (χ0n) is 58.2. The standard InChI is InChI=1S/C71H96N12O19S2/c1-103-35-20-55(65(73)90)79-69(94)58(38-46-13-17-50(85)18-14-46)81-70(95)59(39-47-42-74-53-9-5-3-7-51(47)53)78-63(87)44-76-66(91)61(41-64(88)89)83-71(96)60(40-48-43-75-54-10-6-4-8-52(48)54)82-67(92)56(21-36-104-2)80-68(93)57(37-45-11-15-49(84)16-12-45)77-62(86)19-23-97-25-27-99-29-31-101-33-34-102-32-30-100-28-26-98-24-22-72/h3-18,42-43,55-61,74-75,84-85H,19-41,44,72H2,1-2H3,(H2,73,90)(H,76,91)(H,77,86)(H,78,87)(H,79,94)(H,80,93)(H,81,95)(H,82,92)(H,83,96)(H,88,89)/t55-,56-,57-,58-,59-,60-,61-/m0/s1. The first kappa shape index (κ1) is 83.6. The lowest BCUT2D eigenvalue weighted by atomic mass is 10.0. The number of para-hydroxylation sites is 2. The van der Waals surface area contributed by atoms with E-state index in [2.05, 4.69) is 52.5 Å². The summed E-state index contributed by atoms with van der Waals surface area (Å²) in [6, 6.07) is 16.1. The molecule has 7 atom stereocenters. The number of nitrogens with two attached hydrogens (primary N) is 2. The van der Waals surface area contributed by atoms with E-state index in [1.165, 1.54) is 59.9 Å². The van der Waals surface area contributed by atoms with Crippen LogP contribution >= 0.6 is 23.5 Å². The van der Waals surface area contributed by atoms with Gasteiger partial charge in [0.25, 0.3) is 0 Å². The Morgan fingerprint density at radius 3 is 1.24 bits per heavy atom. The van der Waals surface area contributed by atoms with E-state index in [-0.39, 0.29) is 76.3 Å². The smallest absolute Gasteiger partial charge is 0.305 e. The number of rotatable bonds is 52. The number of primary amides is 1. The number of carbonyl (C=O) groups is 10. The average Bonchev–Trinajstić information content (AvgIpc) is 1.64. The summed E-state index contributed by atoms with van der Waals surface area (Å²) in [4.78, 5) is 145. The number of aromatic amines is 2. The molecule has 6 rings (SSSR count). The van der Waals surface area contributed by atoms with Gasteiger partial charge in [-0.1, -0.05) is 60.7 Å². The van der Waals surface area contributed by atoms with Crippen molar-refractivity contribution >= 4 is 104 Å².